The normalized spacial score (nSPS) is 24.5. The van der Waals surface area contributed by atoms with Crippen LogP contribution in [0, 0.1) is 0 Å². The average molecular weight is 250 g/mol. The third-order valence-corrected chi connectivity index (χ3v) is 4.50. The summed E-state index contributed by atoms with van der Waals surface area (Å²) in [6, 6.07) is 6.78. The number of ether oxygens (including phenoxy) is 1. The summed E-state index contributed by atoms with van der Waals surface area (Å²) >= 11 is 1.93. The molecular weight excluding hydrogens is 232 g/mol. The van der Waals surface area contributed by atoms with E-state index in [1.807, 2.05) is 17.8 Å². The van der Waals surface area contributed by atoms with E-state index < -0.39 is 0 Å². The lowest BCUT2D eigenvalue weighted by Gasteiger charge is -2.39. The number of nitrogens with two attached hydrogens (primary N) is 1. The van der Waals surface area contributed by atoms with E-state index in [9.17, 15) is 0 Å². The first-order chi connectivity index (χ1) is 8.34. The summed E-state index contributed by atoms with van der Waals surface area (Å²) in [5.41, 5.74) is 8.06. The van der Waals surface area contributed by atoms with E-state index in [0.717, 1.165) is 31.2 Å². The molecule has 0 aromatic heterocycles. The molecule has 0 spiro atoms. The number of fused-ring (bicyclic) bond motifs is 1. The second kappa shape index (κ2) is 4.78. The molecule has 1 fully saturated rings. The van der Waals surface area contributed by atoms with Crippen molar-refractivity contribution >= 4 is 23.1 Å². The Morgan fingerprint density at radius 1 is 1.41 bits per heavy atom. The van der Waals surface area contributed by atoms with E-state index in [1.165, 1.54) is 23.4 Å². The summed E-state index contributed by atoms with van der Waals surface area (Å²) in [4.78, 5) is 3.84. The Bertz CT molecular complexity index is 404. The largest absolute Gasteiger partial charge is 0.399 e. The number of nitrogens with zero attached hydrogens (tertiary/aromatic N) is 1. The molecule has 2 aliphatic rings. The molecule has 4 heteroatoms. The number of anilines is 2. The molecule has 2 aliphatic heterocycles. The summed E-state index contributed by atoms with van der Waals surface area (Å²) in [6.07, 6.45) is 2.41. The predicted octanol–water partition coefficient (Wildman–Crippen LogP) is 2.36. The highest BCUT2D eigenvalue weighted by atomic mass is 32.2. The second-order valence-electron chi connectivity index (χ2n) is 4.64. The van der Waals surface area contributed by atoms with E-state index in [2.05, 4.69) is 17.0 Å². The SMILES string of the molecule is Nc1ccc2c(c1)N(C1CCCOC1)CCS2. The number of nitrogen functional groups attached to an aromatic ring is 1. The molecule has 1 aromatic carbocycles. The van der Waals surface area contributed by atoms with E-state index in [4.69, 9.17) is 10.5 Å². The molecule has 0 bridgehead atoms. The van der Waals surface area contributed by atoms with Crippen LogP contribution in [0.5, 0.6) is 0 Å². The Balaban J connectivity index is 1.89. The van der Waals surface area contributed by atoms with Gasteiger partial charge in [0, 0.05) is 29.5 Å². The van der Waals surface area contributed by atoms with E-state index in [-0.39, 0.29) is 0 Å². The van der Waals surface area contributed by atoms with Crippen LogP contribution >= 0.6 is 11.8 Å². The van der Waals surface area contributed by atoms with Gasteiger partial charge in [0.2, 0.25) is 0 Å². The van der Waals surface area contributed by atoms with Gasteiger partial charge in [-0.25, -0.2) is 0 Å². The van der Waals surface area contributed by atoms with E-state index in [0.29, 0.717) is 6.04 Å². The molecule has 1 unspecified atom stereocenters. The molecule has 1 saturated heterocycles. The molecule has 0 radical (unpaired) electrons. The third kappa shape index (κ3) is 2.24. The molecule has 1 aromatic rings. The van der Waals surface area contributed by atoms with Crippen molar-refractivity contribution in [2.45, 2.75) is 23.8 Å². The minimum Gasteiger partial charge on any atom is -0.399 e. The highest BCUT2D eigenvalue weighted by Crippen LogP contribution is 2.38. The first-order valence-corrected chi connectivity index (χ1v) is 7.20. The van der Waals surface area contributed by atoms with Gasteiger partial charge in [-0.2, -0.15) is 0 Å². The maximum atomic E-state index is 5.91. The summed E-state index contributed by atoms with van der Waals surface area (Å²) in [5, 5.41) is 0. The van der Waals surface area contributed by atoms with Crippen LogP contribution in [0.1, 0.15) is 12.8 Å². The average Bonchev–Trinajstić information content (AvgIpc) is 2.39. The van der Waals surface area contributed by atoms with Crippen molar-refractivity contribution in [2.24, 2.45) is 0 Å². The highest BCUT2D eigenvalue weighted by molar-refractivity contribution is 7.99. The molecule has 2 N–H and O–H groups in total. The number of benzene rings is 1. The van der Waals surface area contributed by atoms with Gasteiger partial charge >= 0.3 is 0 Å². The Kier molecular flexibility index (Phi) is 3.16. The molecule has 17 heavy (non-hydrogen) atoms. The van der Waals surface area contributed by atoms with Gasteiger partial charge in [-0.1, -0.05) is 0 Å². The monoisotopic (exact) mass is 250 g/mol. The minimum absolute atomic E-state index is 0.533. The summed E-state index contributed by atoms with van der Waals surface area (Å²) in [7, 11) is 0. The molecular formula is C13H18N2OS. The summed E-state index contributed by atoms with van der Waals surface area (Å²) < 4.78 is 5.60. The standard InChI is InChI=1S/C13H18N2OS/c14-10-3-4-13-12(8-10)15(5-7-17-13)11-2-1-6-16-9-11/h3-4,8,11H,1-2,5-7,9,14H2. The van der Waals surface area contributed by atoms with Gasteiger partial charge in [0.05, 0.1) is 18.3 Å². The Hall–Kier alpha value is -0.870. The fourth-order valence-electron chi connectivity index (χ4n) is 2.60. The van der Waals surface area contributed by atoms with Gasteiger partial charge in [0.25, 0.3) is 0 Å². The zero-order chi connectivity index (χ0) is 11.7. The fourth-order valence-corrected chi connectivity index (χ4v) is 3.60. The zero-order valence-corrected chi connectivity index (χ0v) is 10.7. The Morgan fingerprint density at radius 3 is 3.18 bits per heavy atom. The molecule has 0 amide bonds. The lowest BCUT2D eigenvalue weighted by Crippen LogP contribution is -2.44. The van der Waals surface area contributed by atoms with Crippen molar-refractivity contribution in [1.82, 2.24) is 0 Å². The minimum atomic E-state index is 0.533. The maximum Gasteiger partial charge on any atom is 0.0670 e. The first-order valence-electron chi connectivity index (χ1n) is 6.21. The van der Waals surface area contributed by atoms with Gasteiger partial charge < -0.3 is 15.4 Å². The molecule has 1 atom stereocenters. The van der Waals surface area contributed by atoms with Crippen molar-refractivity contribution in [3.05, 3.63) is 18.2 Å². The topological polar surface area (TPSA) is 38.5 Å². The first kappa shape index (κ1) is 11.2. The number of hydrogen-bond acceptors (Lipinski definition) is 4. The van der Waals surface area contributed by atoms with Gasteiger partial charge in [-0.05, 0) is 31.0 Å². The van der Waals surface area contributed by atoms with Crippen LogP contribution in [0.2, 0.25) is 0 Å². The van der Waals surface area contributed by atoms with Crippen molar-refractivity contribution in [1.29, 1.82) is 0 Å². The van der Waals surface area contributed by atoms with Gasteiger partial charge in [0.1, 0.15) is 0 Å². The lowest BCUT2D eigenvalue weighted by atomic mass is 10.1. The second-order valence-corrected chi connectivity index (χ2v) is 5.78. The lowest BCUT2D eigenvalue weighted by molar-refractivity contribution is 0.0794. The smallest absolute Gasteiger partial charge is 0.0670 e. The van der Waals surface area contributed by atoms with Crippen LogP contribution in [0.4, 0.5) is 11.4 Å². The molecule has 3 nitrogen and oxygen atoms in total. The third-order valence-electron chi connectivity index (χ3n) is 3.46. The number of hydrogen-bond donors (Lipinski definition) is 1. The molecule has 2 heterocycles. The van der Waals surface area contributed by atoms with E-state index in [1.54, 1.807) is 0 Å². The van der Waals surface area contributed by atoms with Crippen LogP contribution < -0.4 is 10.6 Å². The summed E-state index contributed by atoms with van der Waals surface area (Å²) in [6.45, 7) is 2.89. The van der Waals surface area contributed by atoms with Gasteiger partial charge in [-0.3, -0.25) is 0 Å². The van der Waals surface area contributed by atoms with Crippen LogP contribution in [0.3, 0.4) is 0 Å². The van der Waals surface area contributed by atoms with Crippen molar-refractivity contribution in [3.8, 4) is 0 Å². The van der Waals surface area contributed by atoms with Crippen molar-refractivity contribution in [2.75, 3.05) is 36.1 Å². The van der Waals surface area contributed by atoms with Crippen molar-refractivity contribution in [3.63, 3.8) is 0 Å². The Morgan fingerprint density at radius 2 is 2.35 bits per heavy atom. The van der Waals surface area contributed by atoms with Crippen LogP contribution in [-0.4, -0.2) is 31.6 Å². The highest BCUT2D eigenvalue weighted by Gasteiger charge is 2.26. The van der Waals surface area contributed by atoms with Gasteiger partial charge in [0.15, 0.2) is 0 Å². The zero-order valence-electron chi connectivity index (χ0n) is 9.89. The summed E-state index contributed by atoms with van der Waals surface area (Å²) in [5.74, 6) is 1.16. The predicted molar refractivity (Wildman–Crippen MR) is 72.8 cm³/mol. The quantitative estimate of drug-likeness (QED) is 0.777. The number of rotatable bonds is 1. The molecule has 3 rings (SSSR count). The van der Waals surface area contributed by atoms with Crippen LogP contribution in [-0.2, 0) is 4.74 Å². The number of thioether (sulfide) groups is 1. The molecule has 0 aliphatic carbocycles. The van der Waals surface area contributed by atoms with Crippen molar-refractivity contribution < 1.29 is 4.74 Å². The fraction of sp³-hybridized carbons (Fsp3) is 0.538. The molecule has 0 saturated carbocycles. The Labute approximate surface area is 106 Å². The maximum absolute atomic E-state index is 5.91. The van der Waals surface area contributed by atoms with E-state index >= 15 is 0 Å². The van der Waals surface area contributed by atoms with Crippen LogP contribution in [0.15, 0.2) is 23.1 Å². The van der Waals surface area contributed by atoms with Crippen LogP contribution in [0.25, 0.3) is 0 Å². The van der Waals surface area contributed by atoms with Gasteiger partial charge in [-0.15, -0.1) is 11.8 Å². The molecule has 92 valence electrons.